The van der Waals surface area contributed by atoms with Crippen molar-refractivity contribution < 1.29 is 0 Å². The summed E-state index contributed by atoms with van der Waals surface area (Å²) >= 11 is 1.73. The Morgan fingerprint density at radius 3 is 2.62 bits per heavy atom. The monoisotopic (exact) mass is 306 g/mol. The van der Waals surface area contributed by atoms with Crippen LogP contribution in [0.25, 0.3) is 10.2 Å². The number of unbranched alkanes of at least 4 members (excludes halogenated alkanes) is 3. The number of rotatable bonds is 9. The highest BCUT2D eigenvalue weighted by molar-refractivity contribution is 7.18. The van der Waals surface area contributed by atoms with Gasteiger partial charge in [0, 0.05) is 18.0 Å². The Morgan fingerprint density at radius 1 is 1.00 bits per heavy atom. The van der Waals surface area contributed by atoms with Gasteiger partial charge in [0.05, 0.1) is 5.39 Å². The summed E-state index contributed by atoms with van der Waals surface area (Å²) in [5.74, 6) is 1.71. The van der Waals surface area contributed by atoms with Crippen molar-refractivity contribution >= 4 is 33.3 Å². The molecule has 2 N–H and O–H groups in total. The van der Waals surface area contributed by atoms with E-state index < -0.39 is 0 Å². The third kappa shape index (κ3) is 4.56. The minimum Gasteiger partial charge on any atom is -0.369 e. The third-order valence-corrected chi connectivity index (χ3v) is 4.32. The summed E-state index contributed by atoms with van der Waals surface area (Å²) in [6.45, 7) is 8.39. The molecule has 2 heterocycles. The standard InChI is InChI=1S/C16H26N4S/c1-4-6-7-8-10-17-14-13-11-12(3)21-15(13)20-16(19-14)18-9-5-2/h11H,4-10H2,1-3H3,(H2,17,18,19,20). The minimum atomic E-state index is 0.738. The van der Waals surface area contributed by atoms with Gasteiger partial charge in [-0.05, 0) is 25.8 Å². The topological polar surface area (TPSA) is 49.8 Å². The fourth-order valence-electron chi connectivity index (χ4n) is 2.25. The van der Waals surface area contributed by atoms with E-state index in [4.69, 9.17) is 0 Å². The maximum atomic E-state index is 4.64. The molecule has 0 saturated carbocycles. The van der Waals surface area contributed by atoms with Crippen molar-refractivity contribution in [1.29, 1.82) is 0 Å². The van der Waals surface area contributed by atoms with Gasteiger partial charge in [-0.2, -0.15) is 4.98 Å². The van der Waals surface area contributed by atoms with Gasteiger partial charge in [0.15, 0.2) is 0 Å². The quantitative estimate of drug-likeness (QED) is 0.652. The summed E-state index contributed by atoms with van der Waals surface area (Å²) in [6.07, 6.45) is 6.13. The van der Waals surface area contributed by atoms with Crippen molar-refractivity contribution in [2.24, 2.45) is 0 Å². The van der Waals surface area contributed by atoms with Crippen LogP contribution in [0.4, 0.5) is 11.8 Å². The van der Waals surface area contributed by atoms with Gasteiger partial charge >= 0.3 is 0 Å². The van der Waals surface area contributed by atoms with Gasteiger partial charge in [0.25, 0.3) is 0 Å². The van der Waals surface area contributed by atoms with Gasteiger partial charge in [-0.1, -0.05) is 33.1 Å². The van der Waals surface area contributed by atoms with E-state index in [2.05, 4.69) is 47.4 Å². The average Bonchev–Trinajstić information content (AvgIpc) is 2.85. The normalized spacial score (nSPS) is 11.0. The SMILES string of the molecule is CCCCCCNc1nc(NCCC)nc2sc(C)cc12. The second-order valence-electron chi connectivity index (χ2n) is 5.39. The van der Waals surface area contributed by atoms with Crippen LogP contribution in [0.5, 0.6) is 0 Å². The molecule has 0 aromatic carbocycles. The molecule has 0 aliphatic carbocycles. The first-order valence-corrected chi connectivity index (χ1v) is 8.82. The van der Waals surface area contributed by atoms with E-state index in [1.165, 1.54) is 30.6 Å². The molecule has 0 saturated heterocycles. The molecule has 116 valence electrons. The maximum Gasteiger partial charge on any atom is 0.226 e. The summed E-state index contributed by atoms with van der Waals surface area (Å²) in [6, 6.07) is 2.18. The van der Waals surface area contributed by atoms with E-state index in [9.17, 15) is 0 Å². The summed E-state index contributed by atoms with van der Waals surface area (Å²) in [5, 5.41) is 7.93. The lowest BCUT2D eigenvalue weighted by atomic mass is 10.2. The number of nitrogens with one attached hydrogen (secondary N) is 2. The molecule has 0 unspecified atom stereocenters. The van der Waals surface area contributed by atoms with Gasteiger partial charge in [0.2, 0.25) is 5.95 Å². The van der Waals surface area contributed by atoms with Crippen LogP contribution in [-0.2, 0) is 0 Å². The predicted octanol–water partition coefficient (Wildman–Crippen LogP) is 4.81. The van der Waals surface area contributed by atoms with Crippen LogP contribution in [0, 0.1) is 6.92 Å². The number of thiophene rings is 1. The molecule has 0 amide bonds. The van der Waals surface area contributed by atoms with Crippen molar-refractivity contribution in [2.45, 2.75) is 52.9 Å². The van der Waals surface area contributed by atoms with Crippen LogP contribution in [-0.4, -0.2) is 23.1 Å². The Labute approximate surface area is 131 Å². The van der Waals surface area contributed by atoms with E-state index in [1.54, 1.807) is 11.3 Å². The fourth-order valence-corrected chi connectivity index (χ4v) is 3.13. The van der Waals surface area contributed by atoms with E-state index >= 15 is 0 Å². The largest absolute Gasteiger partial charge is 0.369 e. The molecule has 0 radical (unpaired) electrons. The van der Waals surface area contributed by atoms with Gasteiger partial charge in [-0.3, -0.25) is 0 Å². The Morgan fingerprint density at radius 2 is 1.86 bits per heavy atom. The van der Waals surface area contributed by atoms with Crippen LogP contribution < -0.4 is 10.6 Å². The number of fused-ring (bicyclic) bond motifs is 1. The van der Waals surface area contributed by atoms with Crippen LogP contribution in [0.15, 0.2) is 6.07 Å². The first kappa shape index (κ1) is 16.0. The Balaban J connectivity index is 2.10. The van der Waals surface area contributed by atoms with E-state index in [0.717, 1.165) is 41.5 Å². The third-order valence-electron chi connectivity index (χ3n) is 3.37. The molecule has 0 aliphatic heterocycles. The van der Waals surface area contributed by atoms with Crippen LogP contribution in [0.3, 0.4) is 0 Å². The molecule has 0 spiro atoms. The zero-order valence-electron chi connectivity index (χ0n) is 13.3. The van der Waals surface area contributed by atoms with Crippen molar-refractivity contribution in [2.75, 3.05) is 23.7 Å². The molecule has 4 nitrogen and oxygen atoms in total. The summed E-state index contributed by atoms with van der Waals surface area (Å²) in [7, 11) is 0. The summed E-state index contributed by atoms with van der Waals surface area (Å²) in [5.41, 5.74) is 0. The second-order valence-corrected chi connectivity index (χ2v) is 6.62. The second kappa shape index (κ2) is 8.17. The molecule has 0 bridgehead atoms. The number of aromatic nitrogens is 2. The first-order valence-electron chi connectivity index (χ1n) is 8.00. The molecule has 21 heavy (non-hydrogen) atoms. The first-order chi connectivity index (χ1) is 10.2. The Bertz CT molecular complexity index is 565. The molecule has 5 heteroatoms. The maximum absolute atomic E-state index is 4.64. The number of anilines is 2. The zero-order valence-corrected chi connectivity index (χ0v) is 14.1. The van der Waals surface area contributed by atoms with Crippen LogP contribution >= 0.6 is 11.3 Å². The fraction of sp³-hybridized carbons (Fsp3) is 0.625. The van der Waals surface area contributed by atoms with Gasteiger partial charge in [-0.15, -0.1) is 11.3 Å². The van der Waals surface area contributed by atoms with E-state index in [0.29, 0.717) is 0 Å². The zero-order chi connectivity index (χ0) is 15.1. The molecule has 0 aliphatic rings. The van der Waals surface area contributed by atoms with Crippen molar-refractivity contribution in [1.82, 2.24) is 9.97 Å². The number of nitrogens with zero attached hydrogens (tertiary/aromatic N) is 2. The Kier molecular flexibility index (Phi) is 6.23. The van der Waals surface area contributed by atoms with Gasteiger partial charge in [-0.25, -0.2) is 4.98 Å². The number of hydrogen-bond acceptors (Lipinski definition) is 5. The van der Waals surface area contributed by atoms with Crippen LogP contribution in [0.2, 0.25) is 0 Å². The van der Waals surface area contributed by atoms with E-state index in [1.807, 2.05) is 0 Å². The van der Waals surface area contributed by atoms with Crippen molar-refractivity contribution in [3.8, 4) is 0 Å². The van der Waals surface area contributed by atoms with Gasteiger partial charge < -0.3 is 10.6 Å². The molecule has 0 atom stereocenters. The average molecular weight is 306 g/mol. The van der Waals surface area contributed by atoms with Crippen molar-refractivity contribution in [3.05, 3.63) is 10.9 Å². The summed E-state index contributed by atoms with van der Waals surface area (Å²) in [4.78, 5) is 11.6. The van der Waals surface area contributed by atoms with Crippen molar-refractivity contribution in [3.63, 3.8) is 0 Å². The molecule has 0 fully saturated rings. The smallest absolute Gasteiger partial charge is 0.226 e. The molecule has 2 aromatic rings. The number of aryl methyl sites for hydroxylation is 1. The highest BCUT2D eigenvalue weighted by Crippen LogP contribution is 2.29. The predicted molar refractivity (Wildman–Crippen MR) is 93.6 cm³/mol. The van der Waals surface area contributed by atoms with E-state index in [-0.39, 0.29) is 0 Å². The highest BCUT2D eigenvalue weighted by Gasteiger charge is 2.10. The molecular weight excluding hydrogens is 280 g/mol. The van der Waals surface area contributed by atoms with Crippen LogP contribution in [0.1, 0.15) is 50.8 Å². The summed E-state index contributed by atoms with van der Waals surface area (Å²) < 4.78 is 0. The molecule has 2 aromatic heterocycles. The molecule has 2 rings (SSSR count). The van der Waals surface area contributed by atoms with Gasteiger partial charge in [0.1, 0.15) is 10.6 Å². The Hall–Kier alpha value is -1.36. The lowest BCUT2D eigenvalue weighted by Crippen LogP contribution is -2.08. The number of hydrogen-bond donors (Lipinski definition) is 2. The lowest BCUT2D eigenvalue weighted by molar-refractivity contribution is 0.684. The minimum absolute atomic E-state index is 0.738. The molecular formula is C16H26N4S. The lowest BCUT2D eigenvalue weighted by Gasteiger charge is -2.09. The highest BCUT2D eigenvalue weighted by atomic mass is 32.1.